The molecule has 0 rings (SSSR count). The molecule has 0 aliphatic carbocycles. The summed E-state index contributed by atoms with van der Waals surface area (Å²) >= 11 is 0. The Morgan fingerprint density at radius 2 is 1.41 bits per heavy atom. The van der Waals surface area contributed by atoms with Gasteiger partial charge in [-0.15, -0.1) is 0 Å². The van der Waals surface area contributed by atoms with Gasteiger partial charge < -0.3 is 4.74 Å². The molecule has 0 aliphatic rings. The van der Waals surface area contributed by atoms with Crippen LogP contribution < -0.4 is 0 Å². The summed E-state index contributed by atoms with van der Waals surface area (Å²) in [6, 6.07) is 0. The van der Waals surface area contributed by atoms with Gasteiger partial charge in [-0.2, -0.15) is 0 Å². The third kappa shape index (κ3) is 11.1. The molecule has 2 nitrogen and oxygen atoms in total. The van der Waals surface area contributed by atoms with E-state index in [2.05, 4.69) is 20.8 Å². The molecule has 0 N–H and O–H groups in total. The molecule has 0 fully saturated rings. The van der Waals surface area contributed by atoms with Gasteiger partial charge in [0.2, 0.25) is 0 Å². The molecule has 0 spiro atoms. The maximum absolute atomic E-state index is 11.8. The zero-order chi connectivity index (χ0) is 12.2. The van der Waals surface area contributed by atoms with E-state index in [4.69, 9.17) is 4.74 Å². The third-order valence-electron chi connectivity index (χ3n) is 2.89. The van der Waals surface area contributed by atoms with Crippen LogP contribution in [0.5, 0.6) is 0 Å². The van der Waals surface area contributed by atoms with Crippen molar-refractivity contribution in [2.24, 2.45) is 5.92 Å². The van der Waals surface area contributed by atoms with Crippen LogP contribution in [0, 0.1) is 5.92 Å². The first-order valence-corrected chi connectivity index (χ1v) is 6.92. The Kier molecular flexibility index (Phi) is 16.5. The van der Waals surface area contributed by atoms with E-state index in [-0.39, 0.29) is 35.8 Å². The Morgan fingerprint density at radius 3 is 1.82 bits per heavy atom. The van der Waals surface area contributed by atoms with Crippen molar-refractivity contribution in [2.45, 2.75) is 72.1 Å². The van der Waals surface area contributed by atoms with Crippen molar-refractivity contribution in [3.05, 3.63) is 0 Å². The van der Waals surface area contributed by atoms with Crippen molar-refractivity contribution in [1.82, 2.24) is 0 Å². The molecule has 0 aromatic rings. The Hall–Kier alpha value is 0.269. The third-order valence-corrected chi connectivity index (χ3v) is 2.89. The first-order chi connectivity index (χ1) is 7.76. The summed E-state index contributed by atoms with van der Waals surface area (Å²) in [5, 5.41) is 0. The summed E-state index contributed by atoms with van der Waals surface area (Å²) in [6.45, 7) is 7.04. The molecule has 0 saturated heterocycles. The second-order valence-corrected chi connectivity index (χ2v) is 4.50. The molecule has 0 saturated carbocycles. The Bertz CT molecular complexity index is 164. The molecule has 0 heterocycles. The molecule has 0 aliphatic heterocycles. The van der Waals surface area contributed by atoms with Crippen LogP contribution in [0.15, 0.2) is 0 Å². The number of unbranched alkanes of at least 4 members (excludes halogenated alkanes) is 3. The SMILES string of the molecule is CCCCOC(=O)C(CCCC)CCCC.[SnH2]. The molecule has 2 radical (unpaired) electrons. The van der Waals surface area contributed by atoms with E-state index in [1.54, 1.807) is 0 Å². The van der Waals surface area contributed by atoms with Gasteiger partial charge in [-0.05, 0) is 19.3 Å². The average Bonchev–Trinajstić information content (AvgIpc) is 2.29. The molecular formula is C14H30O2Sn. The van der Waals surface area contributed by atoms with Gasteiger partial charge in [0.1, 0.15) is 0 Å². The van der Waals surface area contributed by atoms with E-state index >= 15 is 0 Å². The number of carbonyl (C=O) groups is 1. The molecule has 0 aromatic heterocycles. The van der Waals surface area contributed by atoms with Gasteiger partial charge in [-0.3, -0.25) is 4.79 Å². The number of rotatable bonds is 10. The van der Waals surface area contributed by atoms with Gasteiger partial charge in [0.05, 0.1) is 12.5 Å². The molecule has 17 heavy (non-hydrogen) atoms. The van der Waals surface area contributed by atoms with Gasteiger partial charge >= 0.3 is 29.9 Å². The summed E-state index contributed by atoms with van der Waals surface area (Å²) in [5.41, 5.74) is 0. The maximum atomic E-state index is 11.8. The average molecular weight is 349 g/mol. The molecule has 3 heteroatoms. The minimum absolute atomic E-state index is 0. The van der Waals surface area contributed by atoms with Crippen LogP contribution in [0.25, 0.3) is 0 Å². The topological polar surface area (TPSA) is 26.3 Å². The van der Waals surface area contributed by atoms with Crippen LogP contribution in [0.4, 0.5) is 0 Å². The molecule has 102 valence electrons. The van der Waals surface area contributed by atoms with Gasteiger partial charge in [-0.1, -0.05) is 52.9 Å². The van der Waals surface area contributed by atoms with Gasteiger partial charge in [0, 0.05) is 0 Å². The van der Waals surface area contributed by atoms with Crippen LogP contribution in [-0.4, -0.2) is 36.5 Å². The minimum atomic E-state index is 0. The monoisotopic (exact) mass is 350 g/mol. The fourth-order valence-corrected chi connectivity index (χ4v) is 1.72. The van der Waals surface area contributed by atoms with E-state index in [9.17, 15) is 4.79 Å². The second kappa shape index (κ2) is 14.3. The predicted molar refractivity (Wildman–Crippen MR) is 77.0 cm³/mol. The second-order valence-electron chi connectivity index (χ2n) is 4.50. The van der Waals surface area contributed by atoms with E-state index < -0.39 is 0 Å². The summed E-state index contributed by atoms with van der Waals surface area (Å²) in [7, 11) is 0. The first kappa shape index (κ1) is 19.6. The predicted octanol–water partition coefficient (Wildman–Crippen LogP) is 3.41. The summed E-state index contributed by atoms with van der Waals surface area (Å²) in [4.78, 5) is 11.8. The van der Waals surface area contributed by atoms with Crippen molar-refractivity contribution >= 4 is 29.9 Å². The van der Waals surface area contributed by atoms with Crippen molar-refractivity contribution < 1.29 is 9.53 Å². The van der Waals surface area contributed by atoms with Crippen LogP contribution >= 0.6 is 0 Å². The van der Waals surface area contributed by atoms with Crippen molar-refractivity contribution in [2.75, 3.05) is 6.61 Å². The molecule has 0 unspecified atom stereocenters. The number of hydrogen-bond acceptors (Lipinski definition) is 2. The summed E-state index contributed by atoms with van der Waals surface area (Å²) in [6.07, 6.45) is 8.66. The zero-order valence-corrected chi connectivity index (χ0v) is 16.0. The zero-order valence-electron chi connectivity index (χ0n) is 12.0. The summed E-state index contributed by atoms with van der Waals surface area (Å²) < 4.78 is 5.30. The fourth-order valence-electron chi connectivity index (χ4n) is 1.72. The standard InChI is InChI=1S/C14H28O2.Sn.2H/c1-4-7-10-13(11-8-5-2)14(15)16-12-9-6-3;;;/h13H,4-12H2,1-3H3;;;. The normalized spacial score (nSPS) is 10.1. The van der Waals surface area contributed by atoms with Crippen molar-refractivity contribution in [3.8, 4) is 0 Å². The number of carbonyl (C=O) groups excluding carboxylic acids is 1. The Balaban J connectivity index is 0. The Labute approximate surface area is 124 Å². The van der Waals surface area contributed by atoms with Crippen LogP contribution in [0.1, 0.15) is 72.1 Å². The Morgan fingerprint density at radius 1 is 0.941 bits per heavy atom. The van der Waals surface area contributed by atoms with Crippen LogP contribution in [0.3, 0.4) is 0 Å². The van der Waals surface area contributed by atoms with Gasteiger partial charge in [-0.25, -0.2) is 0 Å². The van der Waals surface area contributed by atoms with E-state index in [0.717, 1.165) is 51.4 Å². The van der Waals surface area contributed by atoms with Crippen LogP contribution in [-0.2, 0) is 9.53 Å². The molecule has 0 aromatic carbocycles. The van der Waals surface area contributed by atoms with Gasteiger partial charge in [0.15, 0.2) is 0 Å². The van der Waals surface area contributed by atoms with Crippen molar-refractivity contribution in [3.63, 3.8) is 0 Å². The quantitative estimate of drug-likeness (QED) is 0.343. The van der Waals surface area contributed by atoms with E-state index in [1.807, 2.05) is 0 Å². The molecule has 0 amide bonds. The van der Waals surface area contributed by atoms with Crippen LogP contribution in [0.2, 0.25) is 0 Å². The fraction of sp³-hybridized carbons (Fsp3) is 0.929. The van der Waals surface area contributed by atoms with E-state index in [0.29, 0.717) is 6.61 Å². The number of hydrogen-bond donors (Lipinski definition) is 0. The molecule has 0 atom stereocenters. The molecule has 0 bridgehead atoms. The number of esters is 1. The first-order valence-electron chi connectivity index (χ1n) is 6.92. The van der Waals surface area contributed by atoms with Gasteiger partial charge in [0.25, 0.3) is 0 Å². The number of ether oxygens (including phenoxy) is 1. The van der Waals surface area contributed by atoms with Crippen molar-refractivity contribution in [1.29, 1.82) is 0 Å². The van der Waals surface area contributed by atoms with E-state index in [1.165, 1.54) is 0 Å². The molecular weight excluding hydrogens is 319 g/mol. The summed E-state index contributed by atoms with van der Waals surface area (Å²) in [5.74, 6) is 0.187.